The molecule has 0 saturated carbocycles. The van der Waals surface area contributed by atoms with Crippen LogP contribution < -0.4 is 0 Å². The van der Waals surface area contributed by atoms with Crippen molar-refractivity contribution in [2.75, 3.05) is 5.75 Å². The molecule has 0 aromatic heterocycles. The van der Waals surface area contributed by atoms with E-state index in [9.17, 15) is 5.11 Å². The first-order valence-corrected chi connectivity index (χ1v) is 7.53. The lowest BCUT2D eigenvalue weighted by Crippen LogP contribution is -2.43. The van der Waals surface area contributed by atoms with Crippen molar-refractivity contribution in [2.45, 2.75) is 37.0 Å². The molecule has 88 valence electrons. The lowest BCUT2D eigenvalue weighted by molar-refractivity contribution is 0.0296. The molecule has 1 heterocycles. The standard InChI is InChI=1S/C13H17BrOS/c1-10-13(15,7-4-8-16-10)9-11-5-2-3-6-12(11)14/h2-3,5-6,10,15H,4,7-9H2,1H3. The normalized spacial score (nSPS) is 30.3. The molecule has 0 spiro atoms. The van der Waals surface area contributed by atoms with Gasteiger partial charge in [-0.25, -0.2) is 0 Å². The van der Waals surface area contributed by atoms with E-state index < -0.39 is 5.60 Å². The van der Waals surface area contributed by atoms with Gasteiger partial charge in [0, 0.05) is 16.1 Å². The fourth-order valence-corrected chi connectivity index (χ4v) is 3.80. The number of aliphatic hydroxyl groups is 1. The lowest BCUT2D eigenvalue weighted by atomic mass is 9.87. The fraction of sp³-hybridized carbons (Fsp3) is 0.538. The molecule has 1 N–H and O–H groups in total. The van der Waals surface area contributed by atoms with Gasteiger partial charge in [0.25, 0.3) is 0 Å². The molecule has 1 aromatic carbocycles. The van der Waals surface area contributed by atoms with E-state index in [1.54, 1.807) is 0 Å². The molecule has 1 fully saturated rings. The fourth-order valence-electron chi connectivity index (χ4n) is 2.20. The molecule has 0 aliphatic carbocycles. The van der Waals surface area contributed by atoms with Crippen LogP contribution in [0.3, 0.4) is 0 Å². The second kappa shape index (κ2) is 5.11. The van der Waals surface area contributed by atoms with E-state index in [4.69, 9.17) is 0 Å². The maximum absolute atomic E-state index is 10.7. The summed E-state index contributed by atoms with van der Waals surface area (Å²) in [6.45, 7) is 2.14. The molecule has 1 aliphatic rings. The van der Waals surface area contributed by atoms with Crippen LogP contribution in [0.4, 0.5) is 0 Å². The Balaban J connectivity index is 2.16. The number of benzene rings is 1. The molecule has 0 radical (unpaired) electrons. The summed E-state index contributed by atoms with van der Waals surface area (Å²) in [6.07, 6.45) is 2.79. The molecule has 2 rings (SSSR count). The van der Waals surface area contributed by atoms with Crippen LogP contribution in [0.1, 0.15) is 25.3 Å². The molecule has 1 aromatic rings. The molecule has 1 aliphatic heterocycles. The number of rotatable bonds is 2. The van der Waals surface area contributed by atoms with Gasteiger partial charge in [-0.3, -0.25) is 0 Å². The Morgan fingerprint density at radius 1 is 1.50 bits per heavy atom. The van der Waals surface area contributed by atoms with Gasteiger partial charge in [-0.1, -0.05) is 41.1 Å². The third-order valence-electron chi connectivity index (χ3n) is 3.33. The molecule has 1 saturated heterocycles. The largest absolute Gasteiger partial charge is 0.388 e. The van der Waals surface area contributed by atoms with Crippen LogP contribution in [0.15, 0.2) is 28.7 Å². The Morgan fingerprint density at radius 3 is 2.94 bits per heavy atom. The second-order valence-electron chi connectivity index (χ2n) is 4.49. The summed E-state index contributed by atoms with van der Waals surface area (Å²) in [7, 11) is 0. The van der Waals surface area contributed by atoms with Crippen molar-refractivity contribution in [1.29, 1.82) is 0 Å². The number of hydrogen-bond acceptors (Lipinski definition) is 2. The second-order valence-corrected chi connectivity index (χ2v) is 6.79. The third-order valence-corrected chi connectivity index (χ3v) is 5.57. The predicted octanol–water partition coefficient (Wildman–Crippen LogP) is 3.64. The topological polar surface area (TPSA) is 20.2 Å². The first-order chi connectivity index (χ1) is 7.62. The van der Waals surface area contributed by atoms with Crippen LogP contribution >= 0.6 is 27.7 Å². The number of halogens is 1. The van der Waals surface area contributed by atoms with Gasteiger partial charge in [-0.05, 0) is 30.2 Å². The zero-order chi connectivity index (χ0) is 11.6. The average Bonchev–Trinajstić information content (AvgIpc) is 2.26. The highest BCUT2D eigenvalue weighted by atomic mass is 79.9. The van der Waals surface area contributed by atoms with Gasteiger partial charge < -0.3 is 5.11 Å². The molecular formula is C13H17BrOS. The summed E-state index contributed by atoms with van der Waals surface area (Å²) in [4.78, 5) is 0. The molecule has 2 atom stereocenters. The minimum Gasteiger partial charge on any atom is -0.388 e. The molecule has 3 heteroatoms. The van der Waals surface area contributed by atoms with Gasteiger partial charge in [0.1, 0.15) is 0 Å². The van der Waals surface area contributed by atoms with Gasteiger partial charge in [0.15, 0.2) is 0 Å². The highest BCUT2D eigenvalue weighted by Crippen LogP contribution is 2.37. The van der Waals surface area contributed by atoms with Crippen LogP contribution in [-0.2, 0) is 6.42 Å². The van der Waals surface area contributed by atoms with Gasteiger partial charge in [0.2, 0.25) is 0 Å². The summed E-state index contributed by atoms with van der Waals surface area (Å²) in [5.74, 6) is 1.18. The SMILES string of the molecule is CC1SCCCC1(O)Cc1ccccc1Br. The zero-order valence-electron chi connectivity index (χ0n) is 9.45. The maximum Gasteiger partial charge on any atom is 0.0803 e. The Labute approximate surface area is 110 Å². The van der Waals surface area contributed by atoms with Crippen LogP contribution in [0, 0.1) is 0 Å². The molecular weight excluding hydrogens is 284 g/mol. The Morgan fingerprint density at radius 2 is 2.25 bits per heavy atom. The maximum atomic E-state index is 10.7. The van der Waals surface area contributed by atoms with Crippen molar-refractivity contribution in [3.63, 3.8) is 0 Å². The van der Waals surface area contributed by atoms with Crippen molar-refractivity contribution in [1.82, 2.24) is 0 Å². The summed E-state index contributed by atoms with van der Waals surface area (Å²) in [6, 6.07) is 8.17. The van der Waals surface area contributed by atoms with Crippen LogP contribution in [0.5, 0.6) is 0 Å². The summed E-state index contributed by atoms with van der Waals surface area (Å²) < 4.78 is 1.10. The van der Waals surface area contributed by atoms with E-state index in [1.165, 1.54) is 11.3 Å². The van der Waals surface area contributed by atoms with Crippen molar-refractivity contribution in [2.24, 2.45) is 0 Å². The van der Waals surface area contributed by atoms with E-state index in [0.717, 1.165) is 23.7 Å². The van der Waals surface area contributed by atoms with Gasteiger partial charge in [-0.2, -0.15) is 11.8 Å². The number of hydrogen-bond donors (Lipinski definition) is 1. The highest BCUT2D eigenvalue weighted by molar-refractivity contribution is 9.10. The van der Waals surface area contributed by atoms with Crippen LogP contribution in [-0.4, -0.2) is 21.7 Å². The van der Waals surface area contributed by atoms with E-state index in [-0.39, 0.29) is 0 Å². The first kappa shape index (κ1) is 12.5. The summed E-state index contributed by atoms with van der Waals surface area (Å²) in [5.41, 5.74) is 0.673. The van der Waals surface area contributed by atoms with E-state index in [1.807, 2.05) is 30.0 Å². The minimum atomic E-state index is -0.535. The Bertz CT molecular complexity index is 369. The molecule has 16 heavy (non-hydrogen) atoms. The van der Waals surface area contributed by atoms with E-state index in [2.05, 4.69) is 28.9 Å². The predicted molar refractivity (Wildman–Crippen MR) is 73.9 cm³/mol. The molecule has 0 bridgehead atoms. The minimum absolute atomic E-state index is 0.327. The quantitative estimate of drug-likeness (QED) is 0.900. The zero-order valence-corrected chi connectivity index (χ0v) is 11.9. The summed E-state index contributed by atoms with van der Waals surface area (Å²) >= 11 is 5.43. The van der Waals surface area contributed by atoms with Crippen molar-refractivity contribution in [3.8, 4) is 0 Å². The van der Waals surface area contributed by atoms with Crippen molar-refractivity contribution >= 4 is 27.7 Å². The van der Waals surface area contributed by atoms with Crippen molar-refractivity contribution in [3.05, 3.63) is 34.3 Å². The van der Waals surface area contributed by atoms with Gasteiger partial charge in [0.05, 0.1) is 5.60 Å². The molecule has 2 unspecified atom stereocenters. The molecule has 0 amide bonds. The van der Waals surface area contributed by atoms with Gasteiger partial charge in [-0.15, -0.1) is 0 Å². The monoisotopic (exact) mass is 300 g/mol. The van der Waals surface area contributed by atoms with Crippen LogP contribution in [0.2, 0.25) is 0 Å². The van der Waals surface area contributed by atoms with Crippen LogP contribution in [0.25, 0.3) is 0 Å². The first-order valence-electron chi connectivity index (χ1n) is 5.69. The van der Waals surface area contributed by atoms with E-state index in [0.29, 0.717) is 5.25 Å². The van der Waals surface area contributed by atoms with Gasteiger partial charge >= 0.3 is 0 Å². The Kier molecular flexibility index (Phi) is 3.98. The Hall–Kier alpha value is 0.01000. The lowest BCUT2D eigenvalue weighted by Gasteiger charge is -2.38. The summed E-state index contributed by atoms with van der Waals surface area (Å²) in [5, 5.41) is 11.0. The highest BCUT2D eigenvalue weighted by Gasteiger charge is 2.36. The average molecular weight is 301 g/mol. The smallest absolute Gasteiger partial charge is 0.0803 e. The van der Waals surface area contributed by atoms with Crippen molar-refractivity contribution < 1.29 is 5.11 Å². The number of thioether (sulfide) groups is 1. The van der Waals surface area contributed by atoms with E-state index >= 15 is 0 Å². The third kappa shape index (κ3) is 2.63. The molecule has 1 nitrogen and oxygen atoms in total.